The van der Waals surface area contributed by atoms with Gasteiger partial charge in [0.1, 0.15) is 0 Å². The number of aliphatic hydroxyl groups excluding tert-OH is 1. The van der Waals surface area contributed by atoms with Crippen molar-refractivity contribution in [3.05, 3.63) is 38.0 Å². The maximum atomic E-state index is 13.1. The fourth-order valence-electron chi connectivity index (χ4n) is 5.87. The summed E-state index contributed by atoms with van der Waals surface area (Å²) in [4.78, 5) is 38.6. The Morgan fingerprint density at radius 2 is 1.97 bits per heavy atom. The molecule has 2 fully saturated rings. The van der Waals surface area contributed by atoms with E-state index >= 15 is 0 Å². The van der Waals surface area contributed by atoms with E-state index in [1.54, 1.807) is 6.07 Å². The van der Waals surface area contributed by atoms with Crippen molar-refractivity contribution < 1.29 is 38.8 Å². The van der Waals surface area contributed by atoms with E-state index in [1.165, 1.54) is 12.7 Å². The average molecular weight is 625 g/mol. The quantitative estimate of drug-likeness (QED) is 0.252. The molecule has 1 aromatic carbocycles. The normalized spacial score (nSPS) is 25.4. The molecule has 0 aromatic heterocycles. The van der Waals surface area contributed by atoms with Crippen LogP contribution in [0.1, 0.15) is 44.6 Å². The molecule has 4 rings (SSSR count). The number of likely N-dealkylation sites (tertiary alicyclic amines) is 1. The van der Waals surface area contributed by atoms with Crippen LogP contribution in [-0.2, 0) is 19.1 Å². The Labute approximate surface area is 229 Å². The smallest absolute Gasteiger partial charge is 0.423 e. The first kappa shape index (κ1) is 27.6. The SMILES string of the molecule is CCC/C(=C\c1cc(I)c(O)c(OC)c1)CC[C@H]1OC[C@H]2C1=C(CO)C[C@H]1C(=O)N(C(=O)OC)C(=O)[C@H]12. The van der Waals surface area contributed by atoms with E-state index in [9.17, 15) is 24.6 Å². The van der Waals surface area contributed by atoms with Crippen LogP contribution in [-0.4, -0.2) is 66.6 Å². The number of allylic oxidation sites excluding steroid dienone is 1. The topological polar surface area (TPSA) is 123 Å². The predicted molar refractivity (Wildman–Crippen MR) is 143 cm³/mol. The highest BCUT2D eigenvalue weighted by molar-refractivity contribution is 14.1. The Hall–Kier alpha value is -2.44. The summed E-state index contributed by atoms with van der Waals surface area (Å²) in [6.45, 7) is 2.15. The predicted octanol–water partition coefficient (Wildman–Crippen LogP) is 4.04. The molecule has 2 N–H and O–H groups in total. The van der Waals surface area contributed by atoms with Crippen molar-refractivity contribution in [3.8, 4) is 11.5 Å². The first-order valence-electron chi connectivity index (χ1n) is 12.4. The minimum absolute atomic E-state index is 0.118. The number of rotatable bonds is 8. The maximum Gasteiger partial charge on any atom is 0.423 e. The minimum Gasteiger partial charge on any atom is -0.504 e. The molecule has 2 aliphatic heterocycles. The number of methoxy groups -OCH3 is 2. The van der Waals surface area contributed by atoms with Crippen LogP contribution in [0.3, 0.4) is 0 Å². The second-order valence-electron chi connectivity index (χ2n) is 9.61. The molecule has 200 valence electrons. The highest BCUT2D eigenvalue weighted by Gasteiger charge is 2.58. The van der Waals surface area contributed by atoms with Crippen molar-refractivity contribution in [2.75, 3.05) is 27.4 Å². The van der Waals surface area contributed by atoms with Gasteiger partial charge in [-0.1, -0.05) is 25.0 Å². The van der Waals surface area contributed by atoms with Crippen LogP contribution in [0.15, 0.2) is 28.9 Å². The molecule has 9 nitrogen and oxygen atoms in total. The number of phenols is 1. The Kier molecular flexibility index (Phi) is 8.59. The summed E-state index contributed by atoms with van der Waals surface area (Å²) in [5.41, 5.74) is 3.76. The molecule has 0 unspecified atom stereocenters. The Morgan fingerprint density at radius 3 is 2.62 bits per heavy atom. The van der Waals surface area contributed by atoms with Gasteiger partial charge in [0, 0.05) is 5.92 Å². The number of hydrogen-bond donors (Lipinski definition) is 2. The molecule has 1 aromatic rings. The lowest BCUT2D eigenvalue weighted by atomic mass is 9.69. The third-order valence-corrected chi connectivity index (χ3v) is 8.32. The van der Waals surface area contributed by atoms with Gasteiger partial charge in [0.05, 0.1) is 48.9 Å². The van der Waals surface area contributed by atoms with Gasteiger partial charge in [0.15, 0.2) is 11.5 Å². The zero-order valence-electron chi connectivity index (χ0n) is 21.2. The number of carbonyl (C=O) groups excluding carboxylic acids is 3. The summed E-state index contributed by atoms with van der Waals surface area (Å²) >= 11 is 2.08. The average Bonchev–Trinajstić information content (AvgIpc) is 3.42. The number of imide groups is 3. The van der Waals surface area contributed by atoms with Crippen molar-refractivity contribution in [2.24, 2.45) is 17.8 Å². The van der Waals surface area contributed by atoms with Crippen molar-refractivity contribution in [1.82, 2.24) is 4.90 Å². The van der Waals surface area contributed by atoms with Crippen LogP contribution in [0.4, 0.5) is 4.79 Å². The van der Waals surface area contributed by atoms with Gasteiger partial charge in [0.25, 0.3) is 0 Å². The largest absolute Gasteiger partial charge is 0.504 e. The van der Waals surface area contributed by atoms with Crippen molar-refractivity contribution in [2.45, 2.75) is 45.1 Å². The van der Waals surface area contributed by atoms with Gasteiger partial charge in [-0.3, -0.25) is 9.59 Å². The summed E-state index contributed by atoms with van der Waals surface area (Å²) in [5.74, 6) is -2.30. The maximum absolute atomic E-state index is 13.1. The van der Waals surface area contributed by atoms with Crippen molar-refractivity contribution >= 4 is 46.6 Å². The number of phenolic OH excluding ortho intramolecular Hbond substituents is 1. The van der Waals surface area contributed by atoms with E-state index in [2.05, 4.69) is 40.3 Å². The molecule has 3 aliphatic rings. The standard InChI is InChI=1S/C27H32INO8/c1-4-5-14(8-15-9-19(28)24(31)21(10-15)35-2)6-7-20-22-16(12-30)11-17-23(18(22)13-37-20)26(33)29(25(17)32)27(34)36-3/h8-10,17-18,20,23,30-31H,4-7,11-13H2,1-3H3/b14-8+/t17-,18+,20-,23-/m1/s1. The highest BCUT2D eigenvalue weighted by atomic mass is 127. The third kappa shape index (κ3) is 5.15. The summed E-state index contributed by atoms with van der Waals surface area (Å²) < 4.78 is 16.8. The number of carbonyl (C=O) groups is 3. The highest BCUT2D eigenvalue weighted by Crippen LogP contribution is 2.50. The first-order chi connectivity index (χ1) is 17.7. The Balaban J connectivity index is 1.56. The second-order valence-corrected chi connectivity index (χ2v) is 10.8. The first-order valence-corrected chi connectivity index (χ1v) is 13.5. The van der Waals surface area contributed by atoms with E-state index in [4.69, 9.17) is 9.47 Å². The van der Waals surface area contributed by atoms with Gasteiger partial charge in [-0.15, -0.1) is 0 Å². The van der Waals surface area contributed by atoms with E-state index in [0.29, 0.717) is 20.6 Å². The Morgan fingerprint density at radius 1 is 1.22 bits per heavy atom. The summed E-state index contributed by atoms with van der Waals surface area (Å²) in [5, 5.41) is 20.3. The molecule has 0 radical (unpaired) electrons. The molecule has 0 saturated carbocycles. The molecular formula is C27H32INO8. The zero-order chi connectivity index (χ0) is 26.9. The molecule has 2 saturated heterocycles. The fraction of sp³-hybridized carbons (Fsp3) is 0.519. The van der Waals surface area contributed by atoms with Crippen LogP contribution in [0.2, 0.25) is 0 Å². The lowest BCUT2D eigenvalue weighted by Crippen LogP contribution is -2.38. The fourth-order valence-corrected chi connectivity index (χ4v) is 6.49. The lowest BCUT2D eigenvalue weighted by molar-refractivity contribution is -0.137. The van der Waals surface area contributed by atoms with Gasteiger partial charge in [-0.05, 0) is 77.1 Å². The number of aromatic hydroxyl groups is 1. The van der Waals surface area contributed by atoms with Crippen molar-refractivity contribution in [1.29, 1.82) is 0 Å². The molecule has 0 bridgehead atoms. The zero-order valence-corrected chi connectivity index (χ0v) is 23.3. The lowest BCUT2D eigenvalue weighted by Gasteiger charge is -2.31. The number of aliphatic hydroxyl groups is 1. The number of ether oxygens (including phenoxy) is 3. The molecular weight excluding hydrogens is 593 g/mol. The molecule has 1 aliphatic carbocycles. The molecule has 37 heavy (non-hydrogen) atoms. The number of fused-ring (bicyclic) bond motifs is 3. The van der Waals surface area contributed by atoms with Gasteiger partial charge >= 0.3 is 6.09 Å². The number of amides is 3. The number of benzene rings is 1. The Bertz CT molecular complexity index is 1160. The van der Waals surface area contributed by atoms with Crippen LogP contribution in [0.5, 0.6) is 11.5 Å². The van der Waals surface area contributed by atoms with Gasteiger partial charge in [-0.2, -0.15) is 4.90 Å². The van der Waals surface area contributed by atoms with Crippen LogP contribution in [0.25, 0.3) is 6.08 Å². The number of halogens is 1. The van der Waals surface area contributed by atoms with Gasteiger partial charge in [0.2, 0.25) is 11.8 Å². The number of hydrogen-bond acceptors (Lipinski definition) is 8. The van der Waals surface area contributed by atoms with E-state index in [1.807, 2.05) is 6.07 Å². The van der Waals surface area contributed by atoms with Crippen LogP contribution in [0, 0.1) is 21.3 Å². The minimum atomic E-state index is -0.971. The molecule has 3 amide bonds. The van der Waals surface area contributed by atoms with E-state index in [-0.39, 0.29) is 37.4 Å². The van der Waals surface area contributed by atoms with Gasteiger partial charge in [-0.25, -0.2) is 4.79 Å². The molecule has 4 atom stereocenters. The molecule has 0 spiro atoms. The van der Waals surface area contributed by atoms with E-state index < -0.39 is 29.7 Å². The summed E-state index contributed by atoms with van der Waals surface area (Å²) in [6.07, 6.45) is 4.32. The van der Waals surface area contributed by atoms with E-state index in [0.717, 1.165) is 43.1 Å². The van der Waals surface area contributed by atoms with Gasteiger partial charge < -0.3 is 24.4 Å². The summed E-state index contributed by atoms with van der Waals surface area (Å²) in [7, 11) is 2.66. The third-order valence-electron chi connectivity index (χ3n) is 7.50. The molecule has 10 heteroatoms. The van der Waals surface area contributed by atoms with Crippen LogP contribution < -0.4 is 4.74 Å². The molecule has 2 heterocycles. The summed E-state index contributed by atoms with van der Waals surface area (Å²) in [6, 6.07) is 3.71. The van der Waals surface area contributed by atoms with Crippen molar-refractivity contribution in [3.63, 3.8) is 0 Å². The monoisotopic (exact) mass is 625 g/mol. The van der Waals surface area contributed by atoms with Crippen LogP contribution >= 0.6 is 22.6 Å². The second kappa shape index (κ2) is 11.5. The number of nitrogens with zero attached hydrogens (tertiary/aromatic N) is 1.